The van der Waals surface area contributed by atoms with Crippen molar-refractivity contribution < 1.29 is 9.59 Å². The van der Waals surface area contributed by atoms with Crippen molar-refractivity contribution in [1.29, 1.82) is 0 Å². The maximum Gasteiger partial charge on any atom is 0.239 e. The SMILES string of the molecule is [N-]=[N+]=Nc1ccc(SN2C(=O)CCCCCCCCCCCCCCC2=O)cc1. The Morgan fingerprint density at radius 3 is 1.55 bits per heavy atom. The molecule has 0 atom stereocenters. The summed E-state index contributed by atoms with van der Waals surface area (Å²) in [5, 5.41) is 3.56. The van der Waals surface area contributed by atoms with Gasteiger partial charge in [0.1, 0.15) is 0 Å². The van der Waals surface area contributed by atoms with Gasteiger partial charge in [0, 0.05) is 28.3 Å². The van der Waals surface area contributed by atoms with Crippen LogP contribution in [0.15, 0.2) is 34.3 Å². The molecule has 0 radical (unpaired) electrons. The molecule has 7 heteroatoms. The van der Waals surface area contributed by atoms with E-state index in [9.17, 15) is 9.59 Å². The van der Waals surface area contributed by atoms with Crippen LogP contribution in [0, 0.1) is 0 Å². The van der Waals surface area contributed by atoms with Crippen molar-refractivity contribution in [3.63, 3.8) is 0 Å². The summed E-state index contributed by atoms with van der Waals surface area (Å²) in [4.78, 5) is 29.1. The highest BCUT2D eigenvalue weighted by Gasteiger charge is 2.22. The fourth-order valence-corrected chi connectivity index (χ4v) is 4.35. The molecule has 0 aliphatic carbocycles. The van der Waals surface area contributed by atoms with E-state index in [2.05, 4.69) is 10.0 Å². The van der Waals surface area contributed by atoms with Crippen molar-refractivity contribution in [3.05, 3.63) is 34.7 Å². The van der Waals surface area contributed by atoms with E-state index in [4.69, 9.17) is 5.53 Å². The van der Waals surface area contributed by atoms with Gasteiger partial charge in [-0.3, -0.25) is 9.59 Å². The van der Waals surface area contributed by atoms with Gasteiger partial charge < -0.3 is 0 Å². The molecule has 1 aliphatic rings. The lowest BCUT2D eigenvalue weighted by molar-refractivity contribution is -0.138. The van der Waals surface area contributed by atoms with E-state index in [-0.39, 0.29) is 11.8 Å². The number of hydrogen-bond acceptors (Lipinski definition) is 4. The van der Waals surface area contributed by atoms with Crippen molar-refractivity contribution in [2.75, 3.05) is 0 Å². The lowest BCUT2D eigenvalue weighted by atomic mass is 10.0. The molecule has 1 aliphatic heterocycles. The summed E-state index contributed by atoms with van der Waals surface area (Å²) < 4.78 is 1.35. The van der Waals surface area contributed by atoms with Gasteiger partial charge in [-0.25, -0.2) is 4.31 Å². The first-order chi connectivity index (χ1) is 14.2. The van der Waals surface area contributed by atoms with E-state index in [1.165, 1.54) is 54.8 Å². The van der Waals surface area contributed by atoms with Gasteiger partial charge >= 0.3 is 0 Å². The minimum Gasteiger partial charge on any atom is -0.273 e. The van der Waals surface area contributed by atoms with Crippen molar-refractivity contribution in [3.8, 4) is 0 Å². The summed E-state index contributed by atoms with van der Waals surface area (Å²) >= 11 is 1.18. The summed E-state index contributed by atoms with van der Waals surface area (Å²) in [6.07, 6.45) is 14.6. The molecule has 0 bridgehead atoms. The Labute approximate surface area is 178 Å². The van der Waals surface area contributed by atoms with E-state index < -0.39 is 0 Å². The molecule has 0 unspecified atom stereocenters. The van der Waals surface area contributed by atoms with Crippen LogP contribution in [0.4, 0.5) is 5.69 Å². The van der Waals surface area contributed by atoms with Gasteiger partial charge in [0.05, 0.1) is 0 Å². The third-order valence-electron chi connectivity index (χ3n) is 5.18. The first-order valence-electron chi connectivity index (χ1n) is 10.9. The van der Waals surface area contributed by atoms with Crippen LogP contribution < -0.4 is 0 Å². The average Bonchev–Trinajstić information content (AvgIpc) is 2.73. The second kappa shape index (κ2) is 14.1. The first kappa shape index (κ1) is 23.3. The monoisotopic (exact) mass is 416 g/mol. The molecule has 158 valence electrons. The summed E-state index contributed by atoms with van der Waals surface area (Å²) in [6, 6.07) is 6.93. The lowest BCUT2D eigenvalue weighted by Gasteiger charge is -2.20. The number of amides is 2. The number of rotatable bonds is 3. The number of benzene rings is 1. The second-order valence-corrected chi connectivity index (χ2v) is 8.62. The fraction of sp³-hybridized carbons (Fsp3) is 0.636. The molecule has 1 aromatic carbocycles. The predicted octanol–water partition coefficient (Wildman–Crippen LogP) is 7.47. The number of carbonyl (C=O) groups excluding carboxylic acids is 2. The molecule has 0 spiro atoms. The standard InChI is InChI=1S/C22H32N4O2S/c23-25-24-19-15-17-20(18-16-19)29-26-21(27)13-11-9-7-5-3-1-2-4-6-8-10-12-14-22(26)28/h15-18H,1-14H2. The number of azide groups is 1. The third-order valence-corrected chi connectivity index (χ3v) is 6.25. The average molecular weight is 417 g/mol. The number of nitrogens with zero attached hydrogens (tertiary/aromatic N) is 4. The highest BCUT2D eigenvalue weighted by molar-refractivity contribution is 7.98. The van der Waals surface area contributed by atoms with Gasteiger partial charge in [-0.2, -0.15) is 0 Å². The largest absolute Gasteiger partial charge is 0.273 e. The van der Waals surface area contributed by atoms with Crippen molar-refractivity contribution in [2.24, 2.45) is 5.11 Å². The smallest absolute Gasteiger partial charge is 0.239 e. The molecule has 0 aromatic heterocycles. The maximum absolute atomic E-state index is 12.8. The first-order valence-corrected chi connectivity index (χ1v) is 11.7. The Hall–Kier alpha value is -1.98. The number of carbonyl (C=O) groups is 2. The molecular formula is C22H32N4O2S. The van der Waals surface area contributed by atoms with Crippen LogP contribution >= 0.6 is 11.9 Å². The van der Waals surface area contributed by atoms with Gasteiger partial charge in [0.25, 0.3) is 0 Å². The number of imide groups is 1. The molecule has 1 saturated heterocycles. The highest BCUT2D eigenvalue weighted by atomic mass is 32.2. The highest BCUT2D eigenvalue weighted by Crippen LogP contribution is 2.28. The van der Waals surface area contributed by atoms with E-state index in [0.717, 1.165) is 43.4 Å². The summed E-state index contributed by atoms with van der Waals surface area (Å²) in [5.41, 5.74) is 9.02. The minimum absolute atomic E-state index is 0.108. The molecule has 1 fully saturated rings. The molecule has 2 amide bonds. The summed E-state index contributed by atoms with van der Waals surface area (Å²) in [7, 11) is 0. The maximum atomic E-state index is 12.8. The Bertz CT molecular complexity index is 659. The zero-order valence-electron chi connectivity index (χ0n) is 17.2. The van der Waals surface area contributed by atoms with E-state index in [1.54, 1.807) is 24.3 Å². The van der Waals surface area contributed by atoms with Crippen LogP contribution in [0.5, 0.6) is 0 Å². The predicted molar refractivity (Wildman–Crippen MR) is 118 cm³/mol. The Morgan fingerprint density at radius 1 is 0.724 bits per heavy atom. The quantitative estimate of drug-likeness (QED) is 0.168. The van der Waals surface area contributed by atoms with E-state index >= 15 is 0 Å². The minimum atomic E-state index is -0.108. The molecule has 29 heavy (non-hydrogen) atoms. The van der Waals surface area contributed by atoms with Crippen LogP contribution in [0.3, 0.4) is 0 Å². The second-order valence-electron chi connectivity index (χ2n) is 7.60. The van der Waals surface area contributed by atoms with Crippen LogP contribution in [-0.2, 0) is 9.59 Å². The molecule has 1 aromatic rings. The van der Waals surface area contributed by atoms with E-state index in [0.29, 0.717) is 18.5 Å². The zero-order chi connectivity index (χ0) is 20.7. The Morgan fingerprint density at radius 2 is 1.14 bits per heavy atom. The Kier molecular flexibility index (Phi) is 11.3. The Balaban J connectivity index is 1.99. The van der Waals surface area contributed by atoms with Gasteiger partial charge in [-0.05, 0) is 42.5 Å². The van der Waals surface area contributed by atoms with Gasteiger partial charge in [0.15, 0.2) is 0 Å². The fourth-order valence-electron chi connectivity index (χ4n) is 3.49. The summed E-state index contributed by atoms with van der Waals surface area (Å²) in [5.74, 6) is -0.216. The molecule has 1 heterocycles. The van der Waals surface area contributed by atoms with E-state index in [1.807, 2.05) is 0 Å². The van der Waals surface area contributed by atoms with Crippen LogP contribution in [0.25, 0.3) is 10.4 Å². The van der Waals surface area contributed by atoms with Crippen molar-refractivity contribution in [1.82, 2.24) is 4.31 Å². The van der Waals surface area contributed by atoms with Crippen LogP contribution in [0.2, 0.25) is 0 Å². The van der Waals surface area contributed by atoms with Crippen LogP contribution in [0.1, 0.15) is 89.9 Å². The molecule has 2 rings (SSSR count). The molecule has 0 saturated carbocycles. The third kappa shape index (κ3) is 9.37. The van der Waals surface area contributed by atoms with Crippen molar-refractivity contribution >= 4 is 29.4 Å². The normalized spacial score (nSPS) is 18.7. The van der Waals surface area contributed by atoms with Crippen LogP contribution in [-0.4, -0.2) is 16.1 Å². The molecule has 0 N–H and O–H groups in total. The molecule has 6 nitrogen and oxygen atoms in total. The van der Waals surface area contributed by atoms with Gasteiger partial charge in [0.2, 0.25) is 11.8 Å². The number of hydrogen-bond donors (Lipinski definition) is 0. The lowest BCUT2D eigenvalue weighted by Crippen LogP contribution is -2.30. The van der Waals surface area contributed by atoms with Gasteiger partial charge in [-0.1, -0.05) is 81.5 Å². The zero-order valence-corrected chi connectivity index (χ0v) is 18.0. The molecular weight excluding hydrogens is 384 g/mol. The summed E-state index contributed by atoms with van der Waals surface area (Å²) in [6.45, 7) is 0. The van der Waals surface area contributed by atoms with Crippen molar-refractivity contribution in [2.45, 2.75) is 94.8 Å². The van der Waals surface area contributed by atoms with Gasteiger partial charge in [-0.15, -0.1) is 0 Å². The topological polar surface area (TPSA) is 86.1 Å².